The summed E-state index contributed by atoms with van der Waals surface area (Å²) in [5.41, 5.74) is 2.60. The van der Waals surface area contributed by atoms with E-state index >= 15 is 0 Å². The van der Waals surface area contributed by atoms with Gasteiger partial charge in [-0.15, -0.1) is 0 Å². The molecule has 2 aromatic rings. The minimum Gasteiger partial charge on any atom is -0.381 e. The topological polar surface area (TPSA) is 56.1 Å². The molecule has 0 aliphatic heterocycles. The van der Waals surface area contributed by atoms with E-state index in [-0.39, 0.29) is 5.91 Å². The minimum absolute atomic E-state index is 0.233. The second-order valence-corrected chi connectivity index (χ2v) is 6.71. The molecule has 0 saturated heterocycles. The Hall–Kier alpha value is -2.28. The Balaban J connectivity index is 1.66. The zero-order valence-electron chi connectivity index (χ0n) is 15.6. The third-order valence-corrected chi connectivity index (χ3v) is 4.69. The fourth-order valence-corrected chi connectivity index (χ4v) is 3.26. The molecule has 1 aliphatic rings. The second-order valence-electron chi connectivity index (χ2n) is 6.71. The number of nitrogens with zero attached hydrogens (tertiary/aromatic N) is 2. The van der Waals surface area contributed by atoms with E-state index in [4.69, 9.17) is 4.74 Å². The van der Waals surface area contributed by atoms with Crippen LogP contribution in [0.15, 0.2) is 18.2 Å². The van der Waals surface area contributed by atoms with Gasteiger partial charge in [0, 0.05) is 37.1 Å². The number of nitrogens with one attached hydrogen (secondary N) is 1. The number of carbonyl (C=O) groups is 1. The van der Waals surface area contributed by atoms with E-state index < -0.39 is 11.6 Å². The highest BCUT2D eigenvalue weighted by molar-refractivity contribution is 5.94. The van der Waals surface area contributed by atoms with Gasteiger partial charge in [-0.25, -0.2) is 13.5 Å². The van der Waals surface area contributed by atoms with Gasteiger partial charge in [0.2, 0.25) is 0 Å². The van der Waals surface area contributed by atoms with Crippen LogP contribution in [-0.4, -0.2) is 35.4 Å². The highest BCUT2D eigenvalue weighted by Gasteiger charge is 2.27. The molecule has 5 nitrogen and oxygen atoms in total. The van der Waals surface area contributed by atoms with Crippen molar-refractivity contribution in [3.05, 3.63) is 46.8 Å². The van der Waals surface area contributed by atoms with Gasteiger partial charge in [-0.1, -0.05) is 13.3 Å². The third kappa shape index (κ3) is 4.53. The first kappa shape index (κ1) is 19.5. The molecular weight excluding hydrogens is 352 g/mol. The standard InChI is InChI=1S/C20H25F2N3O2/c1-2-3-11-27-12-5-10-23-20(26)19-15-6-4-7-18(15)25(24-19)14-8-9-16(21)17(22)13-14/h8-9,13H,2-7,10-12H2,1H3,(H,23,26). The van der Waals surface area contributed by atoms with Crippen LogP contribution < -0.4 is 5.32 Å². The summed E-state index contributed by atoms with van der Waals surface area (Å²) in [5.74, 6) is -2.06. The number of rotatable bonds is 9. The zero-order chi connectivity index (χ0) is 19.2. The van der Waals surface area contributed by atoms with Gasteiger partial charge in [-0.3, -0.25) is 4.79 Å². The molecule has 0 spiro atoms. The zero-order valence-corrected chi connectivity index (χ0v) is 15.6. The summed E-state index contributed by atoms with van der Waals surface area (Å²) in [6.07, 6.45) is 5.33. The average Bonchev–Trinajstić information content (AvgIpc) is 3.26. The largest absolute Gasteiger partial charge is 0.381 e. The third-order valence-electron chi connectivity index (χ3n) is 4.69. The Kier molecular flexibility index (Phi) is 6.55. The molecule has 1 N–H and O–H groups in total. The van der Waals surface area contributed by atoms with E-state index in [2.05, 4.69) is 17.3 Å². The van der Waals surface area contributed by atoms with Gasteiger partial charge in [0.15, 0.2) is 17.3 Å². The van der Waals surface area contributed by atoms with Crippen LogP contribution in [0.2, 0.25) is 0 Å². The molecule has 0 atom stereocenters. The molecule has 146 valence electrons. The lowest BCUT2D eigenvalue weighted by Gasteiger charge is -2.06. The van der Waals surface area contributed by atoms with Crippen LogP contribution in [0.4, 0.5) is 8.78 Å². The smallest absolute Gasteiger partial charge is 0.272 e. The van der Waals surface area contributed by atoms with Crippen LogP contribution in [0.1, 0.15) is 54.4 Å². The number of amides is 1. The number of unbranched alkanes of at least 4 members (excludes halogenated alkanes) is 1. The number of carbonyl (C=O) groups excluding carboxylic acids is 1. The van der Waals surface area contributed by atoms with Crippen molar-refractivity contribution in [1.29, 1.82) is 0 Å². The maximum Gasteiger partial charge on any atom is 0.272 e. The highest BCUT2D eigenvalue weighted by atomic mass is 19.2. The van der Waals surface area contributed by atoms with Crippen LogP contribution in [0.5, 0.6) is 0 Å². The predicted molar refractivity (Wildman–Crippen MR) is 98.2 cm³/mol. The van der Waals surface area contributed by atoms with Gasteiger partial charge in [-0.2, -0.15) is 5.10 Å². The van der Waals surface area contributed by atoms with Crippen molar-refractivity contribution in [1.82, 2.24) is 15.1 Å². The molecule has 0 bridgehead atoms. The highest BCUT2D eigenvalue weighted by Crippen LogP contribution is 2.28. The Labute approximate surface area is 157 Å². The summed E-state index contributed by atoms with van der Waals surface area (Å²) in [6, 6.07) is 3.65. The van der Waals surface area contributed by atoms with E-state index in [0.717, 1.165) is 68.5 Å². The maximum absolute atomic E-state index is 13.6. The van der Waals surface area contributed by atoms with E-state index in [1.165, 1.54) is 6.07 Å². The van der Waals surface area contributed by atoms with Crippen LogP contribution in [0.3, 0.4) is 0 Å². The van der Waals surface area contributed by atoms with Crippen molar-refractivity contribution < 1.29 is 18.3 Å². The molecule has 0 fully saturated rings. The Morgan fingerprint density at radius 3 is 2.81 bits per heavy atom. The Bertz CT molecular complexity index is 805. The average molecular weight is 377 g/mol. The van der Waals surface area contributed by atoms with Crippen molar-refractivity contribution in [3.63, 3.8) is 0 Å². The Morgan fingerprint density at radius 1 is 1.22 bits per heavy atom. The molecule has 1 amide bonds. The maximum atomic E-state index is 13.6. The molecule has 7 heteroatoms. The first-order valence-electron chi connectivity index (χ1n) is 9.54. The lowest BCUT2D eigenvalue weighted by atomic mass is 10.2. The number of fused-ring (bicyclic) bond motifs is 1. The lowest BCUT2D eigenvalue weighted by molar-refractivity contribution is 0.0934. The quantitative estimate of drug-likeness (QED) is 0.680. The fraction of sp³-hybridized carbons (Fsp3) is 0.500. The van der Waals surface area contributed by atoms with Crippen LogP contribution in [-0.2, 0) is 17.6 Å². The summed E-state index contributed by atoms with van der Waals surface area (Å²) in [6.45, 7) is 3.98. The number of hydrogen-bond donors (Lipinski definition) is 1. The number of benzene rings is 1. The lowest BCUT2D eigenvalue weighted by Crippen LogP contribution is -2.26. The number of halogens is 2. The summed E-state index contributed by atoms with van der Waals surface area (Å²) in [4.78, 5) is 12.5. The number of hydrogen-bond acceptors (Lipinski definition) is 3. The summed E-state index contributed by atoms with van der Waals surface area (Å²) in [5, 5.41) is 7.27. The fourth-order valence-electron chi connectivity index (χ4n) is 3.26. The van der Waals surface area contributed by atoms with Crippen LogP contribution >= 0.6 is 0 Å². The van der Waals surface area contributed by atoms with Crippen molar-refractivity contribution in [2.75, 3.05) is 19.8 Å². The molecule has 0 radical (unpaired) electrons. The number of aromatic nitrogens is 2. The van der Waals surface area contributed by atoms with Crippen molar-refractivity contribution in [3.8, 4) is 5.69 Å². The van der Waals surface area contributed by atoms with Gasteiger partial charge in [0.25, 0.3) is 5.91 Å². The first-order valence-corrected chi connectivity index (χ1v) is 9.54. The SMILES string of the molecule is CCCCOCCCNC(=O)c1nn(-c2ccc(F)c(F)c2)c2c1CCC2. The molecular formula is C20H25F2N3O2. The van der Waals surface area contributed by atoms with Crippen molar-refractivity contribution >= 4 is 5.91 Å². The van der Waals surface area contributed by atoms with Gasteiger partial charge >= 0.3 is 0 Å². The molecule has 27 heavy (non-hydrogen) atoms. The summed E-state index contributed by atoms with van der Waals surface area (Å²) < 4.78 is 33.8. The first-order chi connectivity index (χ1) is 13.1. The molecule has 0 unspecified atom stereocenters. The number of ether oxygens (including phenoxy) is 1. The van der Waals surface area contributed by atoms with E-state index in [1.54, 1.807) is 4.68 Å². The predicted octanol–water partition coefficient (Wildman–Crippen LogP) is 3.58. The summed E-state index contributed by atoms with van der Waals surface area (Å²) in [7, 11) is 0. The second kappa shape index (κ2) is 9.08. The van der Waals surface area contributed by atoms with E-state index in [1.807, 2.05) is 0 Å². The van der Waals surface area contributed by atoms with Crippen LogP contribution in [0.25, 0.3) is 5.69 Å². The summed E-state index contributed by atoms with van der Waals surface area (Å²) >= 11 is 0. The Morgan fingerprint density at radius 2 is 2.04 bits per heavy atom. The van der Waals surface area contributed by atoms with Gasteiger partial charge in [0.1, 0.15) is 0 Å². The monoisotopic (exact) mass is 377 g/mol. The van der Waals surface area contributed by atoms with Crippen LogP contribution in [0, 0.1) is 11.6 Å². The van der Waals surface area contributed by atoms with E-state index in [0.29, 0.717) is 24.5 Å². The molecule has 1 aromatic heterocycles. The van der Waals surface area contributed by atoms with Crippen molar-refractivity contribution in [2.24, 2.45) is 0 Å². The van der Waals surface area contributed by atoms with Crippen molar-refractivity contribution in [2.45, 2.75) is 45.4 Å². The van der Waals surface area contributed by atoms with E-state index in [9.17, 15) is 13.6 Å². The molecule has 0 saturated carbocycles. The molecule has 1 aliphatic carbocycles. The molecule has 3 rings (SSSR count). The van der Waals surface area contributed by atoms with Gasteiger partial charge < -0.3 is 10.1 Å². The minimum atomic E-state index is -0.927. The van der Waals surface area contributed by atoms with Gasteiger partial charge in [0.05, 0.1) is 5.69 Å². The molecule has 1 heterocycles. The molecule has 1 aromatic carbocycles. The van der Waals surface area contributed by atoms with Gasteiger partial charge in [-0.05, 0) is 44.2 Å². The normalized spacial score (nSPS) is 13.0.